The van der Waals surface area contributed by atoms with E-state index >= 15 is 0 Å². The number of Topliss-reactive ketones (excluding diaryl/α,β-unsaturated/α-hetero) is 2. The number of aromatic nitrogens is 10. The average molecular weight is 1460 g/mol. The van der Waals surface area contributed by atoms with Gasteiger partial charge in [-0.15, -0.1) is 0 Å². The van der Waals surface area contributed by atoms with Crippen molar-refractivity contribution in [1.82, 2.24) is 48.8 Å². The van der Waals surface area contributed by atoms with Crippen LogP contribution in [-0.4, -0.2) is 169 Å². The number of aliphatic hydroxyl groups is 2. The molecule has 2 aliphatic rings. The van der Waals surface area contributed by atoms with Gasteiger partial charge in [-0.1, -0.05) is 115 Å². The minimum absolute atomic E-state index is 0.0576. The second-order valence-corrected chi connectivity index (χ2v) is 55.1. The quantitative estimate of drug-likeness (QED) is 0.0228. The Morgan fingerprint density at radius 3 is 1.30 bits per heavy atom. The molecule has 2 fully saturated rings. The smallest absolute Gasteiger partial charge is 0.165 e. The van der Waals surface area contributed by atoms with E-state index in [4.69, 9.17) is 39.1 Å². The van der Waals surface area contributed by atoms with Crippen LogP contribution < -0.4 is 9.80 Å². The normalized spacial score (nSPS) is 18.7. The van der Waals surface area contributed by atoms with E-state index in [0.717, 1.165) is 122 Å². The molecule has 0 amide bonds. The Hall–Kier alpha value is -5.85. The van der Waals surface area contributed by atoms with Crippen LogP contribution in [0.3, 0.4) is 0 Å². The SMILES string of the molecule is CC(=O)C1(CO)CCC(c2cc(N(COCC[Si](C)(C)C)COCC[Si](C)(C)C)n3ncc(-c4cnn(-c5ccccc5)c4)c3n2)CC1.CC(=O)C1(CO)CCC(c2nc3c(-c4cnn(-c5ccccc5)c4)cnn3c(N(COCC[Si](C)(C)C)COCC[Si](C)(C)C)c2Br)CC1. The molecule has 25 heteroatoms. The topological polar surface area (TPSA) is 214 Å². The highest BCUT2D eigenvalue weighted by molar-refractivity contribution is 9.10. The van der Waals surface area contributed by atoms with Gasteiger partial charge in [0.05, 0.1) is 70.4 Å². The molecule has 2 N–H and O–H groups in total. The zero-order chi connectivity index (χ0) is 69.9. The van der Waals surface area contributed by atoms with Crippen LogP contribution in [0.25, 0.3) is 44.9 Å². The fourth-order valence-electron chi connectivity index (χ4n) is 12.4. The molecule has 97 heavy (non-hydrogen) atoms. The molecule has 10 rings (SSSR count). The van der Waals surface area contributed by atoms with Crippen molar-refractivity contribution in [3.63, 3.8) is 0 Å². The second kappa shape index (κ2) is 32.6. The number of nitrogens with zero attached hydrogens (tertiary/aromatic N) is 12. The Kier molecular flexibility index (Phi) is 25.4. The molecule has 20 nitrogen and oxygen atoms in total. The van der Waals surface area contributed by atoms with E-state index < -0.39 is 43.1 Å². The van der Waals surface area contributed by atoms with Crippen LogP contribution >= 0.6 is 15.9 Å². The first-order valence-corrected chi connectivity index (χ1v) is 50.3. The van der Waals surface area contributed by atoms with Gasteiger partial charge >= 0.3 is 0 Å². The Morgan fingerprint density at radius 1 is 0.526 bits per heavy atom. The number of rotatable bonds is 32. The maximum Gasteiger partial charge on any atom is 0.165 e. The van der Waals surface area contributed by atoms with Crippen LogP contribution in [0.2, 0.25) is 103 Å². The predicted octanol–water partition coefficient (Wildman–Crippen LogP) is 15.2. The van der Waals surface area contributed by atoms with Crippen LogP contribution in [-0.2, 0) is 28.5 Å². The number of ether oxygens (including phenoxy) is 4. The molecular formula is C72H107BrN12O8Si4. The number of hydrogen-bond donors (Lipinski definition) is 2. The molecule has 2 aromatic carbocycles. The van der Waals surface area contributed by atoms with Crippen molar-refractivity contribution in [2.75, 3.05) is 76.4 Å². The number of ketones is 2. The van der Waals surface area contributed by atoms with Crippen molar-refractivity contribution in [3.05, 3.63) is 120 Å². The second-order valence-electron chi connectivity index (χ2n) is 31.8. The van der Waals surface area contributed by atoms with E-state index in [2.05, 4.69) is 121 Å². The lowest BCUT2D eigenvalue weighted by Gasteiger charge is -2.37. The third-order valence-electron chi connectivity index (χ3n) is 19.3. The van der Waals surface area contributed by atoms with E-state index in [1.54, 1.807) is 13.8 Å². The van der Waals surface area contributed by atoms with Crippen molar-refractivity contribution in [1.29, 1.82) is 0 Å². The molecule has 6 heterocycles. The van der Waals surface area contributed by atoms with Crippen molar-refractivity contribution >= 4 is 82.7 Å². The Morgan fingerprint density at radius 2 is 0.907 bits per heavy atom. The third kappa shape index (κ3) is 19.8. The number of carbonyl (C=O) groups is 2. The third-order valence-corrected chi connectivity index (χ3v) is 26.9. The largest absolute Gasteiger partial charge is 0.395 e. The first-order valence-electron chi connectivity index (χ1n) is 34.7. The summed E-state index contributed by atoms with van der Waals surface area (Å²) in [4.78, 5) is 39.9. The number of aliphatic hydroxyl groups excluding tert-OH is 2. The molecule has 526 valence electrons. The Balaban J connectivity index is 0.000000227. The van der Waals surface area contributed by atoms with Crippen molar-refractivity contribution in [2.24, 2.45) is 10.8 Å². The molecular weight excluding hydrogens is 1350 g/mol. The molecule has 0 spiro atoms. The Labute approximate surface area is 587 Å². The molecule has 0 aliphatic heterocycles. The van der Waals surface area contributed by atoms with Gasteiger partial charge in [-0.25, -0.2) is 19.3 Å². The number of para-hydroxylation sites is 2. The van der Waals surface area contributed by atoms with Crippen LogP contribution in [0.1, 0.15) is 88.4 Å². The zero-order valence-electron chi connectivity index (χ0n) is 60.1. The van der Waals surface area contributed by atoms with E-state index in [0.29, 0.717) is 79.0 Å². The molecule has 0 radical (unpaired) electrons. The van der Waals surface area contributed by atoms with Gasteiger partial charge in [0.25, 0.3) is 0 Å². The maximum absolute atomic E-state index is 12.6. The molecule has 0 unspecified atom stereocenters. The van der Waals surface area contributed by atoms with Crippen molar-refractivity contribution in [2.45, 2.75) is 180 Å². The summed E-state index contributed by atoms with van der Waals surface area (Å²) in [5.74, 6) is 2.05. The number of fused-ring (bicyclic) bond motifs is 2. The summed E-state index contributed by atoms with van der Waals surface area (Å²) in [6.07, 6.45) is 17.0. The number of carbonyl (C=O) groups excluding carboxylic acids is 2. The predicted molar refractivity (Wildman–Crippen MR) is 402 cm³/mol. The van der Waals surface area contributed by atoms with E-state index in [1.165, 1.54) is 0 Å². The van der Waals surface area contributed by atoms with Gasteiger partial charge < -0.3 is 39.0 Å². The highest BCUT2D eigenvalue weighted by Crippen LogP contribution is 2.48. The fraction of sp³-hybridized carbons (Fsp3) is 0.556. The minimum Gasteiger partial charge on any atom is -0.395 e. The van der Waals surface area contributed by atoms with Crippen LogP contribution in [0.4, 0.5) is 11.6 Å². The lowest BCUT2D eigenvalue weighted by Crippen LogP contribution is -2.37. The summed E-state index contributed by atoms with van der Waals surface area (Å²) < 4.78 is 33.7. The van der Waals surface area contributed by atoms with E-state index in [-0.39, 0.29) is 36.6 Å². The van der Waals surface area contributed by atoms with Crippen LogP contribution in [0, 0.1) is 10.8 Å². The van der Waals surface area contributed by atoms with Crippen molar-refractivity contribution < 1.29 is 38.7 Å². The lowest BCUT2D eigenvalue weighted by molar-refractivity contribution is -0.132. The summed E-state index contributed by atoms with van der Waals surface area (Å²) in [5.41, 5.74) is 7.57. The van der Waals surface area contributed by atoms with Crippen LogP contribution in [0.5, 0.6) is 0 Å². The monoisotopic (exact) mass is 1460 g/mol. The summed E-state index contributed by atoms with van der Waals surface area (Å²) in [6.45, 7) is 35.5. The first kappa shape index (κ1) is 75.4. The molecule has 2 aliphatic carbocycles. The number of hydrogen-bond acceptors (Lipinski definition) is 16. The van der Waals surface area contributed by atoms with Gasteiger partial charge in [-0.2, -0.15) is 29.4 Å². The highest BCUT2D eigenvalue weighted by Gasteiger charge is 2.42. The van der Waals surface area contributed by atoms with E-state index in [9.17, 15) is 19.8 Å². The number of halogens is 1. The average Bonchev–Trinajstić information content (AvgIpc) is 1.68. The molecule has 2 saturated carbocycles. The van der Waals surface area contributed by atoms with Gasteiger partial charge in [0, 0.05) is 117 Å². The zero-order valence-corrected chi connectivity index (χ0v) is 65.7. The highest BCUT2D eigenvalue weighted by atomic mass is 79.9. The summed E-state index contributed by atoms with van der Waals surface area (Å²) in [6, 6.07) is 26.5. The molecule has 8 aromatic rings. The van der Waals surface area contributed by atoms with E-state index in [1.807, 2.05) is 116 Å². The summed E-state index contributed by atoms with van der Waals surface area (Å²) in [7, 11) is -5.09. The number of benzene rings is 2. The first-order chi connectivity index (χ1) is 46.0. The van der Waals surface area contributed by atoms with Crippen molar-refractivity contribution in [3.8, 4) is 33.6 Å². The molecule has 0 saturated heterocycles. The lowest BCUT2D eigenvalue weighted by atomic mass is 9.68. The Bertz CT molecular complexity index is 3810. The van der Waals surface area contributed by atoms with Gasteiger partial charge in [-0.05, 0) is 130 Å². The molecule has 6 aromatic heterocycles. The summed E-state index contributed by atoms with van der Waals surface area (Å²) >= 11 is 4.00. The molecule has 0 atom stereocenters. The van der Waals surface area contributed by atoms with Gasteiger partial charge in [-0.3, -0.25) is 9.59 Å². The van der Waals surface area contributed by atoms with Gasteiger partial charge in [0.15, 0.2) is 17.1 Å². The maximum atomic E-state index is 12.6. The standard InChI is InChI=1S/C36H53BrN6O4Si2.C36H54N6O4Si2/c1-27(45)36(24-44)15-13-28(14-16-36)33-32(37)35(41(25-46-17-19-48(2,3)4)26-47-18-20-49(5,6)7)43-34(40-33)31(22-39-43)29-21-38-42(23-29)30-11-9-8-10-12-30;1-28(44)36(25-43)15-13-29(14-16-36)33-21-34(40(26-45-17-19-47(2,3)4)27-46-18-20-48(5,6)7)42-35(39-33)32(23-38-42)30-22-37-41(24-30)31-11-9-8-10-12-31/h8-12,21-23,28,44H,13-20,24-26H2,1-7H3;8-12,21-24,29,43H,13-20,25-27H2,1-7H3. The molecule has 0 bridgehead atoms. The summed E-state index contributed by atoms with van der Waals surface area (Å²) in [5, 5.41) is 39.5. The van der Waals surface area contributed by atoms with Crippen LogP contribution in [0.15, 0.2) is 108 Å². The van der Waals surface area contributed by atoms with Gasteiger partial charge in [0.2, 0.25) is 0 Å². The fourth-order valence-corrected chi connectivity index (χ4v) is 16.2. The minimum atomic E-state index is -1.28. The number of anilines is 2. The van der Waals surface area contributed by atoms with Gasteiger partial charge in [0.1, 0.15) is 44.3 Å².